The van der Waals surface area contributed by atoms with E-state index in [2.05, 4.69) is 13.8 Å². The van der Waals surface area contributed by atoms with Crippen LogP contribution in [0.1, 0.15) is 19.4 Å². The number of ether oxygens (including phenoxy) is 2. The lowest BCUT2D eigenvalue weighted by Crippen LogP contribution is -2.33. The third-order valence-corrected chi connectivity index (χ3v) is 3.33. The van der Waals surface area contributed by atoms with Crippen LogP contribution in [0.2, 0.25) is 10.0 Å². The lowest BCUT2D eigenvalue weighted by Gasteiger charge is -2.32. The van der Waals surface area contributed by atoms with Gasteiger partial charge in [-0.25, -0.2) is 0 Å². The molecule has 88 valence electrons. The Bertz CT molecular complexity index is 385. The maximum absolute atomic E-state index is 6.20. The highest BCUT2D eigenvalue weighted by atomic mass is 35.5. The summed E-state index contributed by atoms with van der Waals surface area (Å²) in [6.07, 6.45) is 0. The summed E-state index contributed by atoms with van der Waals surface area (Å²) >= 11 is 12.1. The van der Waals surface area contributed by atoms with Crippen molar-refractivity contribution in [2.75, 3.05) is 13.2 Å². The highest BCUT2D eigenvalue weighted by Gasteiger charge is 2.43. The van der Waals surface area contributed by atoms with Crippen molar-refractivity contribution >= 4 is 23.2 Å². The van der Waals surface area contributed by atoms with Crippen molar-refractivity contribution < 1.29 is 9.47 Å². The number of benzene rings is 1. The molecule has 0 N–H and O–H groups in total. The third kappa shape index (κ3) is 1.95. The molecule has 16 heavy (non-hydrogen) atoms. The summed E-state index contributed by atoms with van der Waals surface area (Å²) in [4.78, 5) is 0. The van der Waals surface area contributed by atoms with Crippen LogP contribution in [0.5, 0.6) is 0 Å². The topological polar surface area (TPSA) is 18.5 Å². The Labute approximate surface area is 105 Å². The highest BCUT2D eigenvalue weighted by Crippen LogP contribution is 2.42. The van der Waals surface area contributed by atoms with Crippen LogP contribution in [0.15, 0.2) is 18.2 Å². The van der Waals surface area contributed by atoms with Gasteiger partial charge in [-0.1, -0.05) is 43.1 Å². The molecule has 0 radical (unpaired) electrons. The van der Waals surface area contributed by atoms with Crippen molar-refractivity contribution in [2.24, 2.45) is 5.92 Å². The fourth-order valence-corrected chi connectivity index (χ4v) is 2.54. The van der Waals surface area contributed by atoms with Crippen LogP contribution < -0.4 is 0 Å². The van der Waals surface area contributed by atoms with Gasteiger partial charge in [-0.3, -0.25) is 0 Å². The molecule has 1 aromatic carbocycles. The predicted octanol–water partition coefficient (Wildman–Crippen LogP) is 3.85. The molecule has 1 aliphatic heterocycles. The largest absolute Gasteiger partial charge is 0.343 e. The smallest absolute Gasteiger partial charge is 0.198 e. The number of hydrogen-bond donors (Lipinski definition) is 0. The Morgan fingerprint density at radius 3 is 2.31 bits per heavy atom. The van der Waals surface area contributed by atoms with Crippen molar-refractivity contribution in [3.05, 3.63) is 33.8 Å². The second kappa shape index (κ2) is 4.53. The Morgan fingerprint density at radius 1 is 1.19 bits per heavy atom. The first-order valence-corrected chi connectivity index (χ1v) is 6.05. The maximum atomic E-state index is 6.20. The van der Waals surface area contributed by atoms with E-state index in [9.17, 15) is 0 Å². The summed E-state index contributed by atoms with van der Waals surface area (Å²) in [7, 11) is 0. The van der Waals surface area contributed by atoms with E-state index in [-0.39, 0.29) is 5.92 Å². The van der Waals surface area contributed by atoms with Gasteiger partial charge in [-0.2, -0.15) is 0 Å². The minimum atomic E-state index is -0.721. The number of halogens is 2. The van der Waals surface area contributed by atoms with E-state index in [1.807, 2.05) is 6.07 Å². The number of hydrogen-bond acceptors (Lipinski definition) is 2. The quantitative estimate of drug-likeness (QED) is 0.805. The summed E-state index contributed by atoms with van der Waals surface area (Å²) in [5.74, 6) is -0.532. The predicted molar refractivity (Wildman–Crippen MR) is 64.9 cm³/mol. The SMILES string of the molecule is CC(C)C1(c2ccc(Cl)cc2Cl)OCCO1. The fraction of sp³-hybridized carbons (Fsp3) is 0.500. The average molecular weight is 261 g/mol. The fourth-order valence-electron chi connectivity index (χ4n) is 2.00. The molecule has 0 unspecified atom stereocenters. The second-order valence-electron chi connectivity index (χ2n) is 4.14. The molecule has 1 aromatic rings. The van der Waals surface area contributed by atoms with Gasteiger partial charge in [0.1, 0.15) is 0 Å². The van der Waals surface area contributed by atoms with Crippen molar-refractivity contribution in [2.45, 2.75) is 19.6 Å². The second-order valence-corrected chi connectivity index (χ2v) is 4.99. The molecule has 2 nitrogen and oxygen atoms in total. The molecule has 0 amide bonds. The maximum Gasteiger partial charge on any atom is 0.198 e. The summed E-state index contributed by atoms with van der Waals surface area (Å²) < 4.78 is 11.5. The Balaban J connectivity index is 2.47. The van der Waals surface area contributed by atoms with Crippen LogP contribution >= 0.6 is 23.2 Å². The molecule has 2 rings (SSSR count). The molecule has 0 aromatic heterocycles. The van der Waals surface area contributed by atoms with E-state index in [1.54, 1.807) is 12.1 Å². The van der Waals surface area contributed by atoms with Gasteiger partial charge in [-0.15, -0.1) is 0 Å². The molecule has 1 heterocycles. The van der Waals surface area contributed by atoms with Gasteiger partial charge >= 0.3 is 0 Å². The lowest BCUT2D eigenvalue weighted by molar-refractivity contribution is -0.197. The van der Waals surface area contributed by atoms with Crippen molar-refractivity contribution in [1.82, 2.24) is 0 Å². The summed E-state index contributed by atoms with van der Waals surface area (Å²) in [6.45, 7) is 5.29. The van der Waals surface area contributed by atoms with E-state index < -0.39 is 5.79 Å². The van der Waals surface area contributed by atoms with Gasteiger partial charge in [0.15, 0.2) is 5.79 Å². The Kier molecular flexibility index (Phi) is 3.45. The van der Waals surface area contributed by atoms with E-state index >= 15 is 0 Å². The minimum Gasteiger partial charge on any atom is -0.343 e. The molecule has 0 spiro atoms. The highest BCUT2D eigenvalue weighted by molar-refractivity contribution is 6.35. The third-order valence-electron chi connectivity index (χ3n) is 2.78. The molecule has 1 aliphatic rings. The van der Waals surface area contributed by atoms with Crippen LogP contribution in [0.3, 0.4) is 0 Å². The zero-order chi connectivity index (χ0) is 11.8. The van der Waals surface area contributed by atoms with Gasteiger partial charge in [0.2, 0.25) is 0 Å². The van der Waals surface area contributed by atoms with Crippen LogP contribution in [0, 0.1) is 5.92 Å². The van der Waals surface area contributed by atoms with Gasteiger partial charge in [0, 0.05) is 16.5 Å². The van der Waals surface area contributed by atoms with Crippen LogP contribution in [-0.4, -0.2) is 13.2 Å². The summed E-state index contributed by atoms with van der Waals surface area (Å²) in [5.41, 5.74) is 0.853. The van der Waals surface area contributed by atoms with Crippen LogP contribution in [-0.2, 0) is 15.3 Å². The standard InChI is InChI=1S/C12H14Cl2O2/c1-8(2)12(15-5-6-16-12)10-4-3-9(13)7-11(10)14/h3-4,7-8H,5-6H2,1-2H3. The van der Waals surface area contributed by atoms with Crippen LogP contribution in [0.4, 0.5) is 0 Å². The minimum absolute atomic E-state index is 0.189. The summed E-state index contributed by atoms with van der Waals surface area (Å²) in [6, 6.07) is 5.39. The van der Waals surface area contributed by atoms with Crippen LogP contribution in [0.25, 0.3) is 0 Å². The molecule has 4 heteroatoms. The first-order chi connectivity index (χ1) is 7.56. The zero-order valence-corrected chi connectivity index (χ0v) is 10.8. The molecule has 0 aliphatic carbocycles. The van der Waals surface area contributed by atoms with Crippen molar-refractivity contribution in [3.8, 4) is 0 Å². The van der Waals surface area contributed by atoms with E-state index in [1.165, 1.54) is 0 Å². The van der Waals surface area contributed by atoms with Crippen molar-refractivity contribution in [1.29, 1.82) is 0 Å². The molecule has 1 fully saturated rings. The molecule has 1 saturated heterocycles. The zero-order valence-electron chi connectivity index (χ0n) is 9.30. The molecule has 0 saturated carbocycles. The monoisotopic (exact) mass is 260 g/mol. The normalized spacial score (nSPS) is 19.3. The van der Waals surface area contributed by atoms with Crippen molar-refractivity contribution in [3.63, 3.8) is 0 Å². The molecule has 0 bridgehead atoms. The first-order valence-electron chi connectivity index (χ1n) is 5.29. The van der Waals surface area contributed by atoms with E-state index in [4.69, 9.17) is 32.7 Å². The summed E-state index contributed by atoms with van der Waals surface area (Å²) in [5, 5.41) is 1.20. The average Bonchev–Trinajstić information content (AvgIpc) is 2.67. The number of rotatable bonds is 2. The lowest BCUT2D eigenvalue weighted by atomic mass is 9.94. The van der Waals surface area contributed by atoms with E-state index in [0.29, 0.717) is 23.3 Å². The van der Waals surface area contributed by atoms with Gasteiger partial charge < -0.3 is 9.47 Å². The van der Waals surface area contributed by atoms with E-state index in [0.717, 1.165) is 5.56 Å². The Morgan fingerprint density at radius 2 is 1.81 bits per heavy atom. The van der Waals surface area contributed by atoms with Gasteiger partial charge in [0.25, 0.3) is 0 Å². The van der Waals surface area contributed by atoms with Gasteiger partial charge in [-0.05, 0) is 12.1 Å². The molecular weight excluding hydrogens is 247 g/mol. The van der Waals surface area contributed by atoms with Gasteiger partial charge in [0.05, 0.1) is 18.2 Å². The molecule has 0 atom stereocenters. The first kappa shape index (κ1) is 12.2. The molecular formula is C12H14Cl2O2. The Hall–Kier alpha value is -0.280.